The number of rotatable bonds is 70. The minimum absolute atomic E-state index is 0.0673. The van der Waals surface area contributed by atoms with Gasteiger partial charge in [0.25, 0.3) is 0 Å². The van der Waals surface area contributed by atoms with Crippen molar-refractivity contribution in [3.05, 3.63) is 36.5 Å². The van der Waals surface area contributed by atoms with Crippen LogP contribution >= 0.6 is 0 Å². The van der Waals surface area contributed by atoms with Crippen LogP contribution in [0, 0.1) is 0 Å². The highest BCUT2D eigenvalue weighted by molar-refractivity contribution is 5.71. The van der Waals surface area contributed by atoms with Gasteiger partial charge in [-0.25, -0.2) is 0 Å². The van der Waals surface area contributed by atoms with E-state index in [2.05, 4.69) is 57.2 Å². The Morgan fingerprint density at radius 3 is 0.675 bits per heavy atom. The van der Waals surface area contributed by atoms with Crippen LogP contribution in [0.1, 0.15) is 419 Å². The molecule has 0 aliphatic carbocycles. The van der Waals surface area contributed by atoms with E-state index in [4.69, 9.17) is 14.2 Å². The van der Waals surface area contributed by atoms with E-state index in [9.17, 15) is 14.4 Å². The average molecular weight is 1170 g/mol. The van der Waals surface area contributed by atoms with E-state index < -0.39 is 6.10 Å². The van der Waals surface area contributed by atoms with Gasteiger partial charge in [-0.05, 0) is 77.0 Å². The third kappa shape index (κ3) is 70.3. The SMILES string of the molecule is CCCCCCC/C=C\C/C=C\CCCCCCCCCCCCCCCC(=O)OC(COC(=O)CCCCCCC)COC(=O)CCCCCCCCCCCCCCCCCCCCCCCCC/C=C\CCCCCCCCCC. The molecule has 0 aromatic heterocycles. The van der Waals surface area contributed by atoms with E-state index in [-0.39, 0.29) is 31.1 Å². The lowest BCUT2D eigenvalue weighted by atomic mass is 10.0. The molecular weight excluding hydrogens is 1020 g/mol. The molecule has 0 amide bonds. The van der Waals surface area contributed by atoms with E-state index in [1.165, 1.54) is 308 Å². The van der Waals surface area contributed by atoms with Gasteiger partial charge < -0.3 is 14.2 Å². The summed E-state index contributed by atoms with van der Waals surface area (Å²) in [5.74, 6) is -0.856. The molecule has 1 unspecified atom stereocenters. The summed E-state index contributed by atoms with van der Waals surface area (Å²) in [6.45, 7) is 6.61. The normalized spacial score (nSPS) is 12.2. The van der Waals surface area contributed by atoms with E-state index in [0.29, 0.717) is 19.3 Å². The lowest BCUT2D eigenvalue weighted by Crippen LogP contribution is -2.30. The molecule has 488 valence electrons. The molecule has 0 heterocycles. The zero-order valence-corrected chi connectivity index (χ0v) is 56.2. The van der Waals surface area contributed by atoms with Crippen LogP contribution in [0.4, 0.5) is 0 Å². The van der Waals surface area contributed by atoms with Gasteiger partial charge >= 0.3 is 17.9 Å². The third-order valence-electron chi connectivity index (χ3n) is 17.1. The van der Waals surface area contributed by atoms with Crippen LogP contribution in [0.3, 0.4) is 0 Å². The summed E-state index contributed by atoms with van der Waals surface area (Å²) in [6, 6.07) is 0. The van der Waals surface area contributed by atoms with Crippen molar-refractivity contribution in [2.45, 2.75) is 425 Å². The molecule has 0 aromatic carbocycles. The van der Waals surface area contributed by atoms with Gasteiger partial charge in [-0.2, -0.15) is 0 Å². The number of carbonyl (C=O) groups is 3. The number of esters is 3. The quantitative estimate of drug-likeness (QED) is 0.0261. The molecule has 0 saturated heterocycles. The monoisotopic (exact) mass is 1170 g/mol. The Kier molecular flexibility index (Phi) is 70.0. The van der Waals surface area contributed by atoms with Gasteiger partial charge in [0.05, 0.1) is 0 Å². The van der Waals surface area contributed by atoms with Gasteiger partial charge in [-0.3, -0.25) is 14.4 Å². The molecule has 0 aromatic rings. The molecular formula is C77H144O6. The summed E-state index contributed by atoms with van der Waals surface area (Å²) in [7, 11) is 0. The second-order valence-electron chi connectivity index (χ2n) is 25.6. The lowest BCUT2D eigenvalue weighted by Gasteiger charge is -2.18. The Morgan fingerprint density at radius 2 is 0.434 bits per heavy atom. The molecule has 1 atom stereocenters. The fourth-order valence-electron chi connectivity index (χ4n) is 11.5. The van der Waals surface area contributed by atoms with Crippen molar-refractivity contribution in [2.24, 2.45) is 0 Å². The minimum atomic E-state index is -0.767. The number of hydrogen-bond donors (Lipinski definition) is 0. The van der Waals surface area contributed by atoms with Gasteiger partial charge in [0.1, 0.15) is 13.2 Å². The van der Waals surface area contributed by atoms with Gasteiger partial charge in [-0.15, -0.1) is 0 Å². The first-order valence-electron chi connectivity index (χ1n) is 37.5. The van der Waals surface area contributed by atoms with E-state index in [1.807, 2.05) is 0 Å². The lowest BCUT2D eigenvalue weighted by molar-refractivity contribution is -0.167. The number of unbranched alkanes of at least 4 members (excludes halogenated alkanes) is 53. The second kappa shape index (κ2) is 72.1. The maximum absolute atomic E-state index is 12.9. The van der Waals surface area contributed by atoms with E-state index >= 15 is 0 Å². The summed E-state index contributed by atoms with van der Waals surface area (Å²) >= 11 is 0. The summed E-state index contributed by atoms with van der Waals surface area (Å²) in [5.41, 5.74) is 0. The van der Waals surface area contributed by atoms with Gasteiger partial charge in [0.15, 0.2) is 6.10 Å². The topological polar surface area (TPSA) is 78.9 Å². The van der Waals surface area contributed by atoms with Crippen molar-refractivity contribution >= 4 is 17.9 Å². The average Bonchev–Trinajstić information content (AvgIpc) is 3.49. The van der Waals surface area contributed by atoms with Crippen LogP contribution in [-0.2, 0) is 28.6 Å². The number of allylic oxidation sites excluding steroid dienone is 6. The molecule has 0 N–H and O–H groups in total. The summed E-state index contributed by atoms with van der Waals surface area (Å²) in [6.07, 6.45) is 91.2. The molecule has 0 aliphatic rings. The predicted molar refractivity (Wildman–Crippen MR) is 362 cm³/mol. The smallest absolute Gasteiger partial charge is 0.306 e. The summed E-state index contributed by atoms with van der Waals surface area (Å²) < 4.78 is 16.8. The highest BCUT2D eigenvalue weighted by Gasteiger charge is 2.19. The Labute approximate surface area is 518 Å². The van der Waals surface area contributed by atoms with Crippen molar-refractivity contribution in [3.63, 3.8) is 0 Å². The highest BCUT2D eigenvalue weighted by atomic mass is 16.6. The summed E-state index contributed by atoms with van der Waals surface area (Å²) in [4.78, 5) is 38.1. The zero-order valence-electron chi connectivity index (χ0n) is 56.2. The molecule has 0 aliphatic heterocycles. The molecule has 6 nitrogen and oxygen atoms in total. The standard InChI is InChI=1S/C77H144O6/c1-4-7-10-13-15-17-19-21-23-25-27-29-31-33-34-35-36-37-38-39-40-41-42-44-45-47-49-51-53-55-57-59-61-64-67-70-76(79)82-73-74(72-81-75(78)69-66-63-12-9-6-3)83-77(80)71-68-65-62-60-58-56-54-52-50-48-46-43-32-30-28-26-24-22-20-18-16-14-11-8-5-2/h20,22,25-28,74H,4-19,21,23-24,29-73H2,1-3H3/b22-20-,27-25-,28-26-. The predicted octanol–water partition coefficient (Wildman–Crippen LogP) is 25.9. The zero-order chi connectivity index (χ0) is 59.9. The van der Waals surface area contributed by atoms with Crippen molar-refractivity contribution in [3.8, 4) is 0 Å². The second-order valence-corrected chi connectivity index (χ2v) is 25.6. The maximum atomic E-state index is 12.9. The summed E-state index contributed by atoms with van der Waals surface area (Å²) in [5, 5.41) is 0. The Balaban J connectivity index is 3.87. The molecule has 0 fully saturated rings. The van der Waals surface area contributed by atoms with E-state index in [0.717, 1.165) is 70.6 Å². The van der Waals surface area contributed by atoms with Gasteiger partial charge in [0, 0.05) is 19.3 Å². The third-order valence-corrected chi connectivity index (χ3v) is 17.1. The molecule has 0 bridgehead atoms. The molecule has 0 saturated carbocycles. The first-order valence-corrected chi connectivity index (χ1v) is 37.5. The number of carbonyl (C=O) groups excluding carboxylic acids is 3. The van der Waals surface area contributed by atoms with Gasteiger partial charge in [-0.1, -0.05) is 359 Å². The van der Waals surface area contributed by atoms with Crippen LogP contribution in [0.15, 0.2) is 36.5 Å². The first-order chi connectivity index (χ1) is 41.0. The molecule has 0 spiro atoms. The Bertz CT molecular complexity index is 1380. The van der Waals surface area contributed by atoms with Crippen molar-refractivity contribution < 1.29 is 28.6 Å². The van der Waals surface area contributed by atoms with Crippen LogP contribution < -0.4 is 0 Å². The molecule has 0 rings (SSSR count). The van der Waals surface area contributed by atoms with Crippen molar-refractivity contribution in [1.82, 2.24) is 0 Å². The fraction of sp³-hybridized carbons (Fsp3) is 0.883. The van der Waals surface area contributed by atoms with Gasteiger partial charge in [0.2, 0.25) is 0 Å². The van der Waals surface area contributed by atoms with Crippen LogP contribution in [0.5, 0.6) is 0 Å². The fourth-order valence-corrected chi connectivity index (χ4v) is 11.5. The number of ether oxygens (including phenoxy) is 3. The van der Waals surface area contributed by atoms with Crippen molar-refractivity contribution in [2.75, 3.05) is 13.2 Å². The minimum Gasteiger partial charge on any atom is -0.462 e. The maximum Gasteiger partial charge on any atom is 0.306 e. The molecule has 83 heavy (non-hydrogen) atoms. The van der Waals surface area contributed by atoms with Crippen LogP contribution in [0.25, 0.3) is 0 Å². The number of hydrogen-bond acceptors (Lipinski definition) is 6. The highest BCUT2D eigenvalue weighted by Crippen LogP contribution is 2.19. The van der Waals surface area contributed by atoms with Crippen LogP contribution in [-0.4, -0.2) is 37.2 Å². The Hall–Kier alpha value is -2.37. The molecule has 0 radical (unpaired) electrons. The first kappa shape index (κ1) is 80.6. The largest absolute Gasteiger partial charge is 0.462 e. The molecule has 6 heteroatoms. The van der Waals surface area contributed by atoms with Crippen molar-refractivity contribution in [1.29, 1.82) is 0 Å². The Morgan fingerprint density at radius 1 is 0.241 bits per heavy atom. The van der Waals surface area contributed by atoms with Crippen LogP contribution in [0.2, 0.25) is 0 Å². The van der Waals surface area contributed by atoms with E-state index in [1.54, 1.807) is 0 Å².